The van der Waals surface area contributed by atoms with Gasteiger partial charge in [-0.05, 0) is 37.5 Å². The first kappa shape index (κ1) is 14.8. The molecular weight excluding hydrogens is 285 g/mol. The van der Waals surface area contributed by atoms with Crippen LogP contribution in [-0.4, -0.2) is 31.4 Å². The Labute approximate surface area is 128 Å². The molecule has 2 saturated heterocycles. The lowest BCUT2D eigenvalue weighted by Crippen LogP contribution is -2.31. The van der Waals surface area contributed by atoms with E-state index in [4.69, 9.17) is 5.73 Å². The Balaban J connectivity index is 1.80. The number of nitrogens with two attached hydrogens (primary N) is 1. The minimum atomic E-state index is -0.489. The molecule has 2 amide bonds. The van der Waals surface area contributed by atoms with E-state index >= 15 is 0 Å². The van der Waals surface area contributed by atoms with E-state index in [0.29, 0.717) is 11.4 Å². The molecule has 6 heteroatoms. The lowest BCUT2D eigenvalue weighted by Gasteiger charge is -2.29. The van der Waals surface area contributed by atoms with Crippen molar-refractivity contribution in [1.29, 1.82) is 0 Å². The van der Waals surface area contributed by atoms with Gasteiger partial charge < -0.3 is 15.5 Å². The van der Waals surface area contributed by atoms with Crippen LogP contribution in [0.5, 0.6) is 0 Å². The number of piperidine rings is 1. The lowest BCUT2D eigenvalue weighted by atomic mass is 10.1. The molecule has 2 N–H and O–H groups in total. The number of benzene rings is 1. The van der Waals surface area contributed by atoms with Crippen LogP contribution in [0.1, 0.15) is 25.7 Å². The van der Waals surface area contributed by atoms with Gasteiger partial charge in [-0.2, -0.15) is 0 Å². The lowest BCUT2D eigenvalue weighted by molar-refractivity contribution is -0.123. The third-order valence-electron chi connectivity index (χ3n) is 4.47. The fourth-order valence-corrected chi connectivity index (χ4v) is 3.20. The van der Waals surface area contributed by atoms with Crippen LogP contribution in [-0.2, 0) is 9.59 Å². The van der Waals surface area contributed by atoms with Gasteiger partial charge in [0.15, 0.2) is 0 Å². The molecule has 0 unspecified atom stereocenters. The van der Waals surface area contributed by atoms with E-state index < -0.39 is 11.8 Å². The first-order valence-corrected chi connectivity index (χ1v) is 7.70. The summed E-state index contributed by atoms with van der Waals surface area (Å²) in [6.07, 6.45) is 3.44. The summed E-state index contributed by atoms with van der Waals surface area (Å²) in [7, 11) is 0. The molecule has 0 bridgehead atoms. The Hall–Kier alpha value is -2.11. The van der Waals surface area contributed by atoms with Crippen molar-refractivity contribution in [3.63, 3.8) is 0 Å². The van der Waals surface area contributed by atoms with Gasteiger partial charge in [0.25, 0.3) is 0 Å². The zero-order valence-corrected chi connectivity index (χ0v) is 12.4. The molecular formula is C16H20FN3O2. The summed E-state index contributed by atoms with van der Waals surface area (Å²) in [6.45, 7) is 1.96. The molecule has 0 aromatic heterocycles. The van der Waals surface area contributed by atoms with Gasteiger partial charge in [0.1, 0.15) is 5.82 Å². The Bertz CT molecular complexity index is 599. The summed E-state index contributed by atoms with van der Waals surface area (Å²) in [5.74, 6) is -1.48. The van der Waals surface area contributed by atoms with Crippen molar-refractivity contribution in [1.82, 2.24) is 0 Å². The van der Waals surface area contributed by atoms with Gasteiger partial charge in [0.2, 0.25) is 11.8 Å². The summed E-state index contributed by atoms with van der Waals surface area (Å²) in [4.78, 5) is 26.7. The van der Waals surface area contributed by atoms with Gasteiger partial charge in [-0.25, -0.2) is 4.39 Å². The van der Waals surface area contributed by atoms with E-state index in [2.05, 4.69) is 0 Å². The summed E-state index contributed by atoms with van der Waals surface area (Å²) in [5.41, 5.74) is 6.33. The molecule has 2 heterocycles. The van der Waals surface area contributed by atoms with Crippen LogP contribution >= 0.6 is 0 Å². The van der Waals surface area contributed by atoms with Crippen molar-refractivity contribution in [2.24, 2.45) is 11.7 Å². The number of amides is 2. The minimum Gasteiger partial charge on any atom is -0.369 e. The second-order valence-corrected chi connectivity index (χ2v) is 5.99. The van der Waals surface area contributed by atoms with E-state index in [1.807, 2.05) is 4.90 Å². The largest absolute Gasteiger partial charge is 0.369 e. The van der Waals surface area contributed by atoms with Crippen LogP contribution < -0.4 is 15.5 Å². The normalized spacial score (nSPS) is 22.2. The molecule has 22 heavy (non-hydrogen) atoms. The van der Waals surface area contributed by atoms with E-state index in [0.717, 1.165) is 25.9 Å². The smallest absolute Gasteiger partial charge is 0.227 e. The molecule has 3 rings (SSSR count). The molecule has 1 aromatic carbocycles. The highest BCUT2D eigenvalue weighted by molar-refractivity contribution is 6.00. The standard InChI is InChI=1S/C16H20FN3O2/c17-13-9-12(20-10-11(16(18)22)8-15(20)21)4-5-14(13)19-6-2-1-3-7-19/h4-5,9,11H,1-3,6-8,10H2,(H2,18,22)/t11-/m0/s1. The molecule has 2 aliphatic heterocycles. The Morgan fingerprint density at radius 2 is 1.95 bits per heavy atom. The zero-order chi connectivity index (χ0) is 15.7. The van der Waals surface area contributed by atoms with Crippen LogP contribution in [0.25, 0.3) is 0 Å². The maximum atomic E-state index is 14.4. The van der Waals surface area contributed by atoms with Gasteiger partial charge in [0, 0.05) is 31.7 Å². The predicted octanol–water partition coefficient (Wildman–Crippen LogP) is 1.65. The topological polar surface area (TPSA) is 66.6 Å². The van der Waals surface area contributed by atoms with E-state index in [1.54, 1.807) is 12.1 Å². The number of carbonyl (C=O) groups excluding carboxylic acids is 2. The monoisotopic (exact) mass is 305 g/mol. The van der Waals surface area contributed by atoms with Crippen molar-refractivity contribution >= 4 is 23.2 Å². The maximum absolute atomic E-state index is 14.4. The average Bonchev–Trinajstić information content (AvgIpc) is 2.90. The molecule has 118 valence electrons. The molecule has 0 saturated carbocycles. The summed E-state index contributed by atoms with van der Waals surface area (Å²) < 4.78 is 14.4. The molecule has 5 nitrogen and oxygen atoms in total. The predicted molar refractivity (Wildman–Crippen MR) is 82.1 cm³/mol. The highest BCUT2D eigenvalue weighted by Crippen LogP contribution is 2.30. The van der Waals surface area contributed by atoms with Crippen molar-refractivity contribution < 1.29 is 14.0 Å². The molecule has 0 spiro atoms. The number of carbonyl (C=O) groups is 2. The molecule has 0 aliphatic carbocycles. The highest BCUT2D eigenvalue weighted by atomic mass is 19.1. The number of halogens is 1. The van der Waals surface area contributed by atoms with E-state index in [-0.39, 0.29) is 24.7 Å². The second-order valence-electron chi connectivity index (χ2n) is 5.99. The maximum Gasteiger partial charge on any atom is 0.227 e. The first-order valence-electron chi connectivity index (χ1n) is 7.70. The Morgan fingerprint density at radius 1 is 1.23 bits per heavy atom. The summed E-state index contributed by atoms with van der Waals surface area (Å²) in [5, 5.41) is 0. The number of primary amides is 1. The number of nitrogens with zero attached hydrogens (tertiary/aromatic N) is 2. The fraction of sp³-hybridized carbons (Fsp3) is 0.500. The van der Waals surface area contributed by atoms with Crippen LogP contribution in [0.15, 0.2) is 18.2 Å². The molecule has 2 aliphatic rings. The van der Waals surface area contributed by atoms with Crippen molar-refractivity contribution in [3.05, 3.63) is 24.0 Å². The quantitative estimate of drug-likeness (QED) is 0.923. The Morgan fingerprint density at radius 3 is 2.55 bits per heavy atom. The first-order chi connectivity index (χ1) is 10.6. The van der Waals surface area contributed by atoms with Crippen molar-refractivity contribution in [2.75, 3.05) is 29.4 Å². The van der Waals surface area contributed by atoms with Gasteiger partial charge in [-0.1, -0.05) is 0 Å². The summed E-state index contributed by atoms with van der Waals surface area (Å²) >= 11 is 0. The van der Waals surface area contributed by atoms with E-state index in [9.17, 15) is 14.0 Å². The summed E-state index contributed by atoms with van der Waals surface area (Å²) in [6, 6.07) is 4.85. The van der Waals surface area contributed by atoms with Gasteiger partial charge in [-0.3, -0.25) is 9.59 Å². The number of rotatable bonds is 3. The van der Waals surface area contributed by atoms with Gasteiger partial charge in [0.05, 0.1) is 11.6 Å². The second kappa shape index (κ2) is 5.94. The molecule has 2 fully saturated rings. The van der Waals surface area contributed by atoms with Crippen molar-refractivity contribution in [3.8, 4) is 0 Å². The number of hydrogen-bond donors (Lipinski definition) is 1. The van der Waals surface area contributed by atoms with Crippen LogP contribution in [0.4, 0.5) is 15.8 Å². The minimum absolute atomic E-state index is 0.102. The van der Waals surface area contributed by atoms with Gasteiger partial charge >= 0.3 is 0 Å². The fourth-order valence-electron chi connectivity index (χ4n) is 3.20. The SMILES string of the molecule is NC(=O)[C@H]1CC(=O)N(c2ccc(N3CCCCC3)c(F)c2)C1. The van der Waals surface area contributed by atoms with Crippen LogP contribution in [0.2, 0.25) is 0 Å². The third-order valence-corrected chi connectivity index (χ3v) is 4.47. The van der Waals surface area contributed by atoms with Crippen molar-refractivity contribution in [2.45, 2.75) is 25.7 Å². The zero-order valence-electron chi connectivity index (χ0n) is 12.4. The Kier molecular flexibility index (Phi) is 4.00. The third kappa shape index (κ3) is 2.77. The molecule has 0 radical (unpaired) electrons. The number of hydrogen-bond acceptors (Lipinski definition) is 3. The van der Waals surface area contributed by atoms with Gasteiger partial charge in [-0.15, -0.1) is 0 Å². The highest BCUT2D eigenvalue weighted by Gasteiger charge is 2.34. The average molecular weight is 305 g/mol. The van der Waals surface area contributed by atoms with Crippen LogP contribution in [0, 0.1) is 11.7 Å². The molecule has 1 aromatic rings. The van der Waals surface area contributed by atoms with E-state index in [1.165, 1.54) is 17.4 Å². The number of anilines is 2. The molecule has 1 atom stereocenters. The van der Waals surface area contributed by atoms with Crippen LogP contribution in [0.3, 0.4) is 0 Å².